The minimum absolute atomic E-state index is 0. The Kier molecular flexibility index (Phi) is 8.89. The van der Waals surface area contributed by atoms with E-state index in [2.05, 4.69) is 4.99 Å². The SMILES string of the molecule is CCC([O-])=NCC(=O)O.[Na+]. The Morgan fingerprint density at radius 1 is 1.70 bits per heavy atom. The summed E-state index contributed by atoms with van der Waals surface area (Å²) in [6, 6.07) is 0. The summed E-state index contributed by atoms with van der Waals surface area (Å²) in [5, 5.41) is 18.3. The summed E-state index contributed by atoms with van der Waals surface area (Å²) in [6.45, 7) is 1.22. The first kappa shape index (κ1) is 12.6. The van der Waals surface area contributed by atoms with Crippen molar-refractivity contribution in [1.29, 1.82) is 0 Å². The van der Waals surface area contributed by atoms with Gasteiger partial charge in [0.1, 0.15) is 6.54 Å². The molecule has 0 rings (SSSR count). The van der Waals surface area contributed by atoms with Gasteiger partial charge in [0.15, 0.2) is 0 Å². The third-order valence-electron chi connectivity index (χ3n) is 0.693. The molecular weight excluding hydrogens is 145 g/mol. The van der Waals surface area contributed by atoms with Crippen LogP contribution in [0.4, 0.5) is 0 Å². The number of carboxylic acids is 1. The van der Waals surface area contributed by atoms with E-state index in [9.17, 15) is 9.90 Å². The van der Waals surface area contributed by atoms with Crippen molar-refractivity contribution in [3.05, 3.63) is 0 Å². The summed E-state index contributed by atoms with van der Waals surface area (Å²) in [5.74, 6) is -1.44. The predicted molar refractivity (Wildman–Crippen MR) is 30.2 cm³/mol. The van der Waals surface area contributed by atoms with Crippen molar-refractivity contribution in [2.45, 2.75) is 13.3 Å². The first-order valence-corrected chi connectivity index (χ1v) is 2.59. The zero-order valence-corrected chi connectivity index (χ0v) is 8.13. The Hall–Kier alpha value is -0.0600. The summed E-state index contributed by atoms with van der Waals surface area (Å²) in [7, 11) is 0. The van der Waals surface area contributed by atoms with Crippen molar-refractivity contribution in [3.63, 3.8) is 0 Å². The zero-order chi connectivity index (χ0) is 7.28. The van der Waals surface area contributed by atoms with Gasteiger partial charge >= 0.3 is 35.5 Å². The van der Waals surface area contributed by atoms with Gasteiger partial charge in [-0.15, -0.1) is 0 Å². The molecule has 0 radical (unpaired) electrons. The molecule has 0 fully saturated rings. The second kappa shape index (κ2) is 7.05. The van der Waals surface area contributed by atoms with Gasteiger partial charge in [0, 0.05) is 0 Å². The summed E-state index contributed by atoms with van der Waals surface area (Å²) in [5.41, 5.74) is 0. The van der Waals surface area contributed by atoms with E-state index in [1.54, 1.807) is 6.92 Å². The van der Waals surface area contributed by atoms with Crippen LogP contribution < -0.4 is 34.7 Å². The number of aliphatic imine (C=N–C) groups is 1. The number of aliphatic carboxylic acids is 1. The van der Waals surface area contributed by atoms with Crippen LogP contribution in [-0.4, -0.2) is 23.5 Å². The number of hydrogen-bond donors (Lipinski definition) is 1. The van der Waals surface area contributed by atoms with Gasteiger partial charge in [-0.05, 0) is 12.3 Å². The van der Waals surface area contributed by atoms with Crippen molar-refractivity contribution in [2.75, 3.05) is 6.54 Å². The van der Waals surface area contributed by atoms with Crippen LogP contribution in [0.1, 0.15) is 13.3 Å². The van der Waals surface area contributed by atoms with E-state index in [4.69, 9.17) is 5.11 Å². The third kappa shape index (κ3) is 7.94. The summed E-state index contributed by atoms with van der Waals surface area (Å²) >= 11 is 0. The van der Waals surface area contributed by atoms with E-state index >= 15 is 0 Å². The fourth-order valence-corrected chi connectivity index (χ4v) is 0.268. The number of nitrogens with zero attached hydrogens (tertiary/aromatic N) is 1. The van der Waals surface area contributed by atoms with E-state index in [1.807, 2.05) is 0 Å². The zero-order valence-electron chi connectivity index (χ0n) is 6.13. The van der Waals surface area contributed by atoms with Crippen LogP contribution in [0, 0.1) is 0 Å². The fourth-order valence-electron chi connectivity index (χ4n) is 0.268. The standard InChI is InChI=1S/C5H9NO3.Na/c1-2-4(7)6-3-5(8)9;/h2-3H2,1H3,(H,6,7)(H,8,9);/q;+1/p-1. The maximum atomic E-state index is 10.3. The molecule has 0 aromatic rings. The summed E-state index contributed by atoms with van der Waals surface area (Å²) < 4.78 is 0. The second-order valence-corrected chi connectivity index (χ2v) is 1.46. The van der Waals surface area contributed by atoms with Crippen molar-refractivity contribution in [1.82, 2.24) is 0 Å². The van der Waals surface area contributed by atoms with E-state index in [0.717, 1.165) is 0 Å². The third-order valence-corrected chi connectivity index (χ3v) is 0.693. The minimum Gasteiger partial charge on any atom is -0.862 e. The molecule has 0 aromatic carbocycles. The summed E-state index contributed by atoms with van der Waals surface area (Å²) in [4.78, 5) is 13.0. The average Bonchev–Trinajstić information content (AvgIpc) is 1.83. The molecule has 5 heteroatoms. The van der Waals surface area contributed by atoms with Gasteiger partial charge in [-0.25, -0.2) is 0 Å². The molecule has 1 N–H and O–H groups in total. The molecule has 0 bridgehead atoms. The van der Waals surface area contributed by atoms with Gasteiger partial charge in [-0.2, -0.15) is 0 Å². The van der Waals surface area contributed by atoms with E-state index in [0.29, 0.717) is 0 Å². The van der Waals surface area contributed by atoms with Crippen LogP contribution in [0.15, 0.2) is 4.99 Å². The Bertz CT molecular complexity index is 135. The Morgan fingerprint density at radius 2 is 2.20 bits per heavy atom. The molecule has 0 saturated heterocycles. The van der Waals surface area contributed by atoms with Crippen LogP contribution in [0.25, 0.3) is 0 Å². The first-order chi connectivity index (χ1) is 4.16. The second-order valence-electron chi connectivity index (χ2n) is 1.46. The van der Waals surface area contributed by atoms with Gasteiger partial charge < -0.3 is 10.2 Å². The molecule has 52 valence electrons. The number of rotatable bonds is 3. The van der Waals surface area contributed by atoms with E-state index in [-0.39, 0.29) is 41.9 Å². The fraction of sp³-hybridized carbons (Fsp3) is 0.600. The molecule has 0 aromatic heterocycles. The number of hydrogen-bond acceptors (Lipinski definition) is 3. The van der Waals surface area contributed by atoms with Gasteiger partial charge in [0.2, 0.25) is 0 Å². The minimum atomic E-state index is -1.07. The Morgan fingerprint density at radius 3 is 2.50 bits per heavy atom. The molecule has 0 aliphatic rings. The van der Waals surface area contributed by atoms with Gasteiger partial charge in [0.05, 0.1) is 0 Å². The quantitative estimate of drug-likeness (QED) is 0.257. The smallest absolute Gasteiger partial charge is 0.862 e. The average molecular weight is 153 g/mol. The molecule has 0 saturated carbocycles. The van der Waals surface area contributed by atoms with Crippen LogP contribution in [0.2, 0.25) is 0 Å². The molecule has 0 heterocycles. The molecule has 10 heavy (non-hydrogen) atoms. The maximum Gasteiger partial charge on any atom is 1.00 e. The normalized spacial score (nSPS) is 10.3. The number of carbonyl (C=O) groups is 1. The van der Waals surface area contributed by atoms with Crippen LogP contribution in [-0.2, 0) is 4.79 Å². The molecule has 0 atom stereocenters. The topological polar surface area (TPSA) is 72.7 Å². The monoisotopic (exact) mass is 153 g/mol. The van der Waals surface area contributed by atoms with Crippen molar-refractivity contribution < 1.29 is 44.6 Å². The molecule has 0 spiro atoms. The molecular formula is C5H8NNaO3. The van der Waals surface area contributed by atoms with Crippen molar-refractivity contribution in [2.24, 2.45) is 4.99 Å². The van der Waals surface area contributed by atoms with Gasteiger partial charge in [0.25, 0.3) is 0 Å². The van der Waals surface area contributed by atoms with Gasteiger partial charge in [-0.3, -0.25) is 9.79 Å². The Labute approximate surface area is 81.3 Å². The maximum absolute atomic E-state index is 10.3. The van der Waals surface area contributed by atoms with Crippen molar-refractivity contribution >= 4 is 11.9 Å². The van der Waals surface area contributed by atoms with Crippen LogP contribution >= 0.6 is 0 Å². The van der Waals surface area contributed by atoms with Crippen LogP contribution in [0.5, 0.6) is 0 Å². The van der Waals surface area contributed by atoms with Crippen molar-refractivity contribution in [3.8, 4) is 0 Å². The molecule has 0 amide bonds. The van der Waals surface area contributed by atoms with Gasteiger partial charge in [-0.1, -0.05) is 6.92 Å². The predicted octanol–water partition coefficient (Wildman–Crippen LogP) is -3.76. The molecule has 0 aliphatic carbocycles. The largest absolute Gasteiger partial charge is 1.00 e. The molecule has 0 unspecified atom stereocenters. The van der Waals surface area contributed by atoms with Crippen LogP contribution in [0.3, 0.4) is 0 Å². The first-order valence-electron chi connectivity index (χ1n) is 2.59. The Balaban J connectivity index is 0. The summed E-state index contributed by atoms with van der Waals surface area (Å²) in [6.07, 6.45) is 0.271. The molecule has 0 aliphatic heterocycles. The number of carboxylic acid groups (broad SMARTS) is 1. The van der Waals surface area contributed by atoms with E-state index < -0.39 is 12.5 Å². The van der Waals surface area contributed by atoms with E-state index in [1.165, 1.54) is 0 Å². The molecule has 4 nitrogen and oxygen atoms in total.